The standard InChI is InChI=1S/C17H31N3O2/c1-22-16(21)17(19-20-18)14-12-10-8-6-4-2-3-5-7-9-11-13-15-17/h2-15H2,1H3. The Morgan fingerprint density at radius 3 is 1.55 bits per heavy atom. The smallest absolute Gasteiger partial charge is 0.317 e. The van der Waals surface area contributed by atoms with E-state index in [9.17, 15) is 4.79 Å². The van der Waals surface area contributed by atoms with Gasteiger partial charge in [0.15, 0.2) is 0 Å². The number of carbonyl (C=O) groups excluding carboxylic acids is 1. The van der Waals surface area contributed by atoms with E-state index >= 15 is 0 Å². The molecule has 1 aliphatic carbocycles. The lowest BCUT2D eigenvalue weighted by molar-refractivity contribution is -0.147. The molecule has 22 heavy (non-hydrogen) atoms. The average molecular weight is 309 g/mol. The fraction of sp³-hybridized carbons (Fsp3) is 0.941. The minimum Gasteiger partial charge on any atom is -0.468 e. The van der Waals surface area contributed by atoms with Gasteiger partial charge in [-0.05, 0) is 18.4 Å². The van der Waals surface area contributed by atoms with Gasteiger partial charge < -0.3 is 4.74 Å². The van der Waals surface area contributed by atoms with Crippen LogP contribution in [0.2, 0.25) is 0 Å². The molecule has 0 radical (unpaired) electrons. The SMILES string of the molecule is COC(=O)C1(N=[N+]=[N-])CCCCCCCCCCCCCC1. The van der Waals surface area contributed by atoms with Crippen molar-refractivity contribution in [2.45, 2.75) is 95.4 Å². The molecule has 0 aromatic rings. The Kier molecular flexibility index (Phi) is 9.72. The summed E-state index contributed by atoms with van der Waals surface area (Å²) in [6, 6.07) is 0. The van der Waals surface area contributed by atoms with Gasteiger partial charge >= 0.3 is 5.97 Å². The summed E-state index contributed by atoms with van der Waals surface area (Å²) in [6.07, 6.45) is 15.6. The molecule has 5 nitrogen and oxygen atoms in total. The van der Waals surface area contributed by atoms with Crippen molar-refractivity contribution >= 4 is 5.97 Å². The summed E-state index contributed by atoms with van der Waals surface area (Å²) in [5.41, 5.74) is 7.90. The molecule has 5 heteroatoms. The van der Waals surface area contributed by atoms with E-state index in [1.807, 2.05) is 0 Å². The van der Waals surface area contributed by atoms with E-state index in [0.29, 0.717) is 12.8 Å². The number of hydrogen-bond donors (Lipinski definition) is 0. The highest BCUT2D eigenvalue weighted by Gasteiger charge is 2.37. The fourth-order valence-corrected chi connectivity index (χ4v) is 3.35. The van der Waals surface area contributed by atoms with Crippen LogP contribution in [0, 0.1) is 0 Å². The molecule has 0 saturated heterocycles. The molecule has 0 bridgehead atoms. The van der Waals surface area contributed by atoms with Gasteiger partial charge in [0.05, 0.1) is 7.11 Å². The second-order valence-corrected chi connectivity index (χ2v) is 6.46. The minimum absolute atomic E-state index is 0.366. The maximum Gasteiger partial charge on any atom is 0.317 e. The summed E-state index contributed by atoms with van der Waals surface area (Å²) in [7, 11) is 1.38. The maximum absolute atomic E-state index is 12.2. The van der Waals surface area contributed by atoms with Gasteiger partial charge in [0.1, 0.15) is 5.54 Å². The number of ether oxygens (including phenoxy) is 1. The molecule has 1 fully saturated rings. The molecule has 0 heterocycles. The predicted molar refractivity (Wildman–Crippen MR) is 88.5 cm³/mol. The van der Waals surface area contributed by atoms with Crippen molar-refractivity contribution in [3.8, 4) is 0 Å². The van der Waals surface area contributed by atoms with Crippen LogP contribution in [0.4, 0.5) is 0 Å². The highest BCUT2D eigenvalue weighted by molar-refractivity contribution is 5.80. The molecule has 126 valence electrons. The van der Waals surface area contributed by atoms with Crippen LogP contribution < -0.4 is 0 Å². The van der Waals surface area contributed by atoms with Crippen molar-refractivity contribution in [2.24, 2.45) is 5.11 Å². The van der Waals surface area contributed by atoms with Gasteiger partial charge in [-0.2, -0.15) is 0 Å². The van der Waals surface area contributed by atoms with Crippen molar-refractivity contribution in [2.75, 3.05) is 7.11 Å². The zero-order chi connectivity index (χ0) is 16.1. The lowest BCUT2D eigenvalue weighted by Crippen LogP contribution is -2.37. The maximum atomic E-state index is 12.2. The van der Waals surface area contributed by atoms with Gasteiger partial charge in [0.25, 0.3) is 0 Å². The predicted octanol–water partition coefficient (Wildman–Crippen LogP) is 5.68. The lowest BCUT2D eigenvalue weighted by atomic mass is 9.87. The molecule has 0 spiro atoms. The third-order valence-electron chi connectivity index (χ3n) is 4.73. The quantitative estimate of drug-likeness (QED) is 0.284. The highest BCUT2D eigenvalue weighted by Crippen LogP contribution is 2.29. The first-order valence-electron chi connectivity index (χ1n) is 8.90. The summed E-state index contributed by atoms with van der Waals surface area (Å²) >= 11 is 0. The average Bonchev–Trinajstić information content (AvgIpc) is 2.54. The van der Waals surface area contributed by atoms with Crippen LogP contribution in [-0.2, 0) is 9.53 Å². The summed E-state index contributed by atoms with van der Waals surface area (Å²) in [5.74, 6) is -0.366. The van der Waals surface area contributed by atoms with Crippen molar-refractivity contribution in [3.63, 3.8) is 0 Å². The van der Waals surface area contributed by atoms with Crippen molar-refractivity contribution in [1.82, 2.24) is 0 Å². The van der Waals surface area contributed by atoms with Crippen molar-refractivity contribution < 1.29 is 9.53 Å². The molecule has 1 aliphatic rings. The Balaban J connectivity index is 2.68. The lowest BCUT2D eigenvalue weighted by Gasteiger charge is -2.26. The number of carbonyl (C=O) groups is 1. The van der Waals surface area contributed by atoms with E-state index in [-0.39, 0.29) is 5.97 Å². The Morgan fingerprint density at radius 1 is 0.864 bits per heavy atom. The van der Waals surface area contributed by atoms with Crippen molar-refractivity contribution in [1.29, 1.82) is 0 Å². The summed E-state index contributed by atoms with van der Waals surface area (Å²) in [5, 5.41) is 3.88. The van der Waals surface area contributed by atoms with Gasteiger partial charge in [-0.25, -0.2) is 0 Å². The second kappa shape index (κ2) is 11.4. The van der Waals surface area contributed by atoms with Gasteiger partial charge in [-0.1, -0.05) is 82.2 Å². The minimum atomic E-state index is -0.982. The van der Waals surface area contributed by atoms with Crippen molar-refractivity contribution in [3.05, 3.63) is 10.4 Å². The van der Waals surface area contributed by atoms with E-state index in [4.69, 9.17) is 10.3 Å². The molecule has 0 unspecified atom stereocenters. The second-order valence-electron chi connectivity index (χ2n) is 6.46. The number of esters is 1. The van der Waals surface area contributed by atoms with Gasteiger partial charge in [0, 0.05) is 4.91 Å². The van der Waals surface area contributed by atoms with Gasteiger partial charge in [-0.3, -0.25) is 4.79 Å². The van der Waals surface area contributed by atoms with E-state index in [1.54, 1.807) is 0 Å². The highest BCUT2D eigenvalue weighted by atomic mass is 16.5. The number of azide groups is 1. The van der Waals surface area contributed by atoms with Crippen LogP contribution in [0.3, 0.4) is 0 Å². The Labute approximate surface area is 134 Å². The molecular formula is C17H31N3O2. The first kappa shape index (κ1) is 18.8. The molecule has 0 aromatic heterocycles. The van der Waals surface area contributed by atoms with Crippen LogP contribution in [0.5, 0.6) is 0 Å². The first-order valence-corrected chi connectivity index (χ1v) is 8.90. The number of hydrogen-bond acceptors (Lipinski definition) is 3. The number of nitrogens with zero attached hydrogens (tertiary/aromatic N) is 3. The van der Waals surface area contributed by atoms with E-state index < -0.39 is 5.54 Å². The zero-order valence-corrected chi connectivity index (χ0v) is 14.1. The number of rotatable bonds is 2. The Morgan fingerprint density at radius 2 is 1.23 bits per heavy atom. The topological polar surface area (TPSA) is 75.1 Å². The molecule has 0 N–H and O–H groups in total. The third kappa shape index (κ3) is 6.69. The van der Waals surface area contributed by atoms with E-state index in [2.05, 4.69) is 10.0 Å². The Hall–Kier alpha value is -1.22. The van der Waals surface area contributed by atoms with Crippen LogP contribution in [0.25, 0.3) is 10.4 Å². The van der Waals surface area contributed by atoms with Crippen LogP contribution in [0.1, 0.15) is 89.9 Å². The normalized spacial score (nSPS) is 21.7. The van der Waals surface area contributed by atoms with Crippen LogP contribution in [0.15, 0.2) is 5.11 Å². The van der Waals surface area contributed by atoms with E-state index in [0.717, 1.165) is 25.7 Å². The third-order valence-corrected chi connectivity index (χ3v) is 4.73. The molecule has 0 aliphatic heterocycles. The van der Waals surface area contributed by atoms with Crippen LogP contribution in [-0.4, -0.2) is 18.6 Å². The zero-order valence-electron chi connectivity index (χ0n) is 14.1. The van der Waals surface area contributed by atoms with Gasteiger partial charge in [-0.15, -0.1) is 0 Å². The molecule has 0 atom stereocenters. The van der Waals surface area contributed by atoms with E-state index in [1.165, 1.54) is 58.5 Å². The summed E-state index contributed by atoms with van der Waals surface area (Å²) in [6.45, 7) is 0. The summed E-state index contributed by atoms with van der Waals surface area (Å²) < 4.78 is 4.93. The first-order chi connectivity index (χ1) is 10.7. The van der Waals surface area contributed by atoms with Gasteiger partial charge in [0.2, 0.25) is 0 Å². The van der Waals surface area contributed by atoms with Crippen LogP contribution >= 0.6 is 0 Å². The molecule has 0 amide bonds. The molecular weight excluding hydrogens is 278 g/mol. The molecule has 0 aromatic carbocycles. The monoisotopic (exact) mass is 309 g/mol. The summed E-state index contributed by atoms with van der Waals surface area (Å²) in [4.78, 5) is 15.1. The fourth-order valence-electron chi connectivity index (χ4n) is 3.35. The largest absolute Gasteiger partial charge is 0.468 e. The molecule has 1 rings (SSSR count). The molecule has 1 saturated carbocycles. The number of methoxy groups -OCH3 is 1. The Bertz CT molecular complexity index is 349.